The standard InChI is InChI=1S/C21H24N2O4S/c24-20(17-8-3-1-4-9-17)12-13-21(25)22-18-10-7-11-19(16-18)28(26,27)23-14-5-2-6-15-23/h1,3-4,7-11,16H,2,5-6,12-15H2,(H,22,25). The number of benzene rings is 2. The first-order valence-electron chi connectivity index (χ1n) is 9.45. The van der Waals surface area contributed by atoms with Crippen LogP contribution in [0.1, 0.15) is 42.5 Å². The Kier molecular flexibility index (Phi) is 6.59. The molecule has 7 heteroatoms. The van der Waals surface area contributed by atoms with Crippen molar-refractivity contribution in [3.8, 4) is 0 Å². The topological polar surface area (TPSA) is 83.5 Å². The minimum Gasteiger partial charge on any atom is -0.326 e. The number of anilines is 1. The van der Waals surface area contributed by atoms with Gasteiger partial charge in [0.15, 0.2) is 5.78 Å². The fraction of sp³-hybridized carbons (Fsp3) is 0.333. The maximum atomic E-state index is 12.8. The van der Waals surface area contributed by atoms with Crippen LogP contribution in [0, 0.1) is 0 Å². The van der Waals surface area contributed by atoms with Gasteiger partial charge >= 0.3 is 0 Å². The van der Waals surface area contributed by atoms with E-state index in [4.69, 9.17) is 0 Å². The molecule has 148 valence electrons. The van der Waals surface area contributed by atoms with Crippen LogP contribution >= 0.6 is 0 Å². The molecule has 1 heterocycles. The Balaban J connectivity index is 1.61. The van der Waals surface area contributed by atoms with Crippen molar-refractivity contribution in [1.82, 2.24) is 4.31 Å². The van der Waals surface area contributed by atoms with Crippen molar-refractivity contribution in [2.75, 3.05) is 18.4 Å². The Morgan fingerprint density at radius 1 is 0.893 bits per heavy atom. The number of carbonyl (C=O) groups excluding carboxylic acids is 2. The van der Waals surface area contributed by atoms with E-state index >= 15 is 0 Å². The zero-order chi connectivity index (χ0) is 20.0. The summed E-state index contributed by atoms with van der Waals surface area (Å²) >= 11 is 0. The summed E-state index contributed by atoms with van der Waals surface area (Å²) in [7, 11) is -3.55. The molecule has 0 spiro atoms. The fourth-order valence-corrected chi connectivity index (χ4v) is 4.77. The molecule has 1 amide bonds. The summed E-state index contributed by atoms with van der Waals surface area (Å²) < 4.78 is 27.0. The van der Waals surface area contributed by atoms with E-state index in [-0.39, 0.29) is 29.4 Å². The minimum atomic E-state index is -3.55. The van der Waals surface area contributed by atoms with Crippen LogP contribution < -0.4 is 5.32 Å². The molecule has 2 aromatic carbocycles. The molecule has 0 aliphatic carbocycles. The Hall–Kier alpha value is -2.51. The highest BCUT2D eigenvalue weighted by atomic mass is 32.2. The van der Waals surface area contributed by atoms with E-state index in [2.05, 4.69) is 5.32 Å². The van der Waals surface area contributed by atoms with Crippen molar-refractivity contribution in [3.05, 3.63) is 60.2 Å². The summed E-state index contributed by atoms with van der Waals surface area (Å²) in [6.45, 7) is 1.06. The van der Waals surface area contributed by atoms with Crippen molar-refractivity contribution in [1.29, 1.82) is 0 Å². The number of hydrogen-bond donors (Lipinski definition) is 1. The second-order valence-electron chi connectivity index (χ2n) is 6.83. The van der Waals surface area contributed by atoms with Gasteiger partial charge in [0.05, 0.1) is 4.90 Å². The number of sulfonamides is 1. The van der Waals surface area contributed by atoms with Gasteiger partial charge in [-0.05, 0) is 31.0 Å². The van der Waals surface area contributed by atoms with E-state index in [1.807, 2.05) is 6.07 Å². The van der Waals surface area contributed by atoms with Gasteiger partial charge in [-0.15, -0.1) is 0 Å². The normalized spacial score (nSPS) is 15.1. The molecule has 2 aromatic rings. The average molecular weight is 401 g/mol. The largest absolute Gasteiger partial charge is 0.326 e. The van der Waals surface area contributed by atoms with E-state index in [9.17, 15) is 18.0 Å². The number of nitrogens with zero attached hydrogens (tertiary/aromatic N) is 1. The van der Waals surface area contributed by atoms with Gasteiger partial charge < -0.3 is 5.32 Å². The summed E-state index contributed by atoms with van der Waals surface area (Å²) in [5, 5.41) is 2.69. The third-order valence-corrected chi connectivity index (χ3v) is 6.64. The molecule has 1 aliphatic heterocycles. The first kappa shape index (κ1) is 20.2. The predicted octanol–water partition coefficient (Wildman–Crippen LogP) is 3.46. The third-order valence-electron chi connectivity index (χ3n) is 4.75. The molecule has 0 atom stereocenters. The predicted molar refractivity (Wildman–Crippen MR) is 108 cm³/mol. The van der Waals surface area contributed by atoms with Gasteiger partial charge in [0, 0.05) is 37.2 Å². The first-order valence-corrected chi connectivity index (χ1v) is 10.9. The second-order valence-corrected chi connectivity index (χ2v) is 8.77. The number of ketones is 1. The van der Waals surface area contributed by atoms with Gasteiger partial charge in [0.1, 0.15) is 0 Å². The van der Waals surface area contributed by atoms with Crippen molar-refractivity contribution in [3.63, 3.8) is 0 Å². The number of nitrogens with one attached hydrogen (secondary N) is 1. The number of Topliss-reactive ketones (excluding diaryl/α,β-unsaturated/α-hetero) is 1. The van der Waals surface area contributed by atoms with Crippen molar-refractivity contribution < 1.29 is 18.0 Å². The molecule has 0 bridgehead atoms. The van der Waals surface area contributed by atoms with Crippen molar-refractivity contribution in [2.45, 2.75) is 37.0 Å². The van der Waals surface area contributed by atoms with Gasteiger partial charge in [0.25, 0.3) is 0 Å². The van der Waals surface area contributed by atoms with Gasteiger partial charge in [-0.3, -0.25) is 9.59 Å². The minimum absolute atomic E-state index is 0.0385. The number of hydrogen-bond acceptors (Lipinski definition) is 4. The third kappa shape index (κ3) is 5.05. The van der Waals surface area contributed by atoms with Crippen LogP contribution in [-0.2, 0) is 14.8 Å². The van der Waals surface area contributed by atoms with Gasteiger partial charge in [-0.2, -0.15) is 4.31 Å². The quantitative estimate of drug-likeness (QED) is 0.722. The number of carbonyl (C=O) groups is 2. The van der Waals surface area contributed by atoms with Gasteiger partial charge in [-0.1, -0.05) is 42.8 Å². The monoisotopic (exact) mass is 400 g/mol. The SMILES string of the molecule is O=C(CCC(=O)c1ccccc1)Nc1cccc(S(=O)(=O)N2CCCCC2)c1. The average Bonchev–Trinajstić information content (AvgIpc) is 2.73. The zero-order valence-electron chi connectivity index (χ0n) is 15.6. The van der Waals surface area contributed by atoms with E-state index in [1.165, 1.54) is 10.4 Å². The molecule has 0 aromatic heterocycles. The molecule has 1 saturated heterocycles. The highest BCUT2D eigenvalue weighted by molar-refractivity contribution is 7.89. The molecule has 3 rings (SSSR count). The van der Waals surface area contributed by atoms with Crippen LogP contribution in [0.3, 0.4) is 0 Å². The Bertz CT molecular complexity index is 936. The molecule has 0 saturated carbocycles. The molecule has 6 nitrogen and oxygen atoms in total. The zero-order valence-corrected chi connectivity index (χ0v) is 16.5. The van der Waals surface area contributed by atoms with Gasteiger partial charge in [-0.25, -0.2) is 8.42 Å². The molecular weight excluding hydrogens is 376 g/mol. The molecular formula is C21H24N2O4S. The molecule has 1 N–H and O–H groups in total. The van der Waals surface area contributed by atoms with Crippen LogP contribution in [0.15, 0.2) is 59.5 Å². The fourth-order valence-electron chi connectivity index (χ4n) is 3.21. The lowest BCUT2D eigenvalue weighted by atomic mass is 10.1. The van der Waals surface area contributed by atoms with Crippen molar-refractivity contribution in [2.24, 2.45) is 0 Å². The lowest BCUT2D eigenvalue weighted by Crippen LogP contribution is -2.35. The van der Waals surface area contributed by atoms with E-state index in [0.29, 0.717) is 24.3 Å². The molecule has 0 unspecified atom stereocenters. The molecule has 1 aliphatic rings. The molecule has 1 fully saturated rings. The maximum Gasteiger partial charge on any atom is 0.243 e. The summed E-state index contributed by atoms with van der Waals surface area (Å²) in [4.78, 5) is 24.5. The van der Waals surface area contributed by atoms with Crippen LogP contribution in [0.25, 0.3) is 0 Å². The molecule has 0 radical (unpaired) electrons. The highest BCUT2D eigenvalue weighted by Crippen LogP contribution is 2.23. The van der Waals surface area contributed by atoms with Crippen LogP contribution in [-0.4, -0.2) is 37.5 Å². The van der Waals surface area contributed by atoms with E-state index < -0.39 is 10.0 Å². The number of piperidine rings is 1. The Morgan fingerprint density at radius 2 is 1.61 bits per heavy atom. The second kappa shape index (κ2) is 9.12. The van der Waals surface area contributed by atoms with E-state index in [0.717, 1.165) is 19.3 Å². The Morgan fingerprint density at radius 3 is 2.32 bits per heavy atom. The molecule has 28 heavy (non-hydrogen) atoms. The smallest absolute Gasteiger partial charge is 0.243 e. The lowest BCUT2D eigenvalue weighted by Gasteiger charge is -2.26. The summed E-state index contributed by atoms with van der Waals surface area (Å²) in [6.07, 6.45) is 2.92. The lowest BCUT2D eigenvalue weighted by molar-refractivity contribution is -0.116. The first-order chi connectivity index (χ1) is 13.5. The van der Waals surface area contributed by atoms with Crippen LogP contribution in [0.5, 0.6) is 0 Å². The summed E-state index contributed by atoms with van der Waals surface area (Å²) in [5.41, 5.74) is 0.986. The van der Waals surface area contributed by atoms with Gasteiger partial charge in [0.2, 0.25) is 15.9 Å². The van der Waals surface area contributed by atoms with E-state index in [1.54, 1.807) is 42.5 Å². The van der Waals surface area contributed by atoms with Crippen LogP contribution in [0.2, 0.25) is 0 Å². The summed E-state index contributed by atoms with van der Waals surface area (Å²) in [5.74, 6) is -0.422. The highest BCUT2D eigenvalue weighted by Gasteiger charge is 2.26. The Labute approximate surface area is 165 Å². The summed E-state index contributed by atoms with van der Waals surface area (Å²) in [6, 6.07) is 15.1. The maximum absolute atomic E-state index is 12.8. The van der Waals surface area contributed by atoms with Crippen LogP contribution in [0.4, 0.5) is 5.69 Å². The number of rotatable bonds is 7. The van der Waals surface area contributed by atoms with Crippen molar-refractivity contribution >= 4 is 27.4 Å². The number of amides is 1.